The molecular weight excluding hydrogens is 324 g/mol. The number of rotatable bonds is 6. The van der Waals surface area contributed by atoms with Gasteiger partial charge in [0.25, 0.3) is 5.91 Å². The smallest absolute Gasteiger partial charge is 0.251 e. The normalized spacial score (nSPS) is 19.4. The first kappa shape index (κ1) is 16.9. The number of amides is 1. The molecule has 2 aromatic rings. The molecule has 1 atom stereocenters. The highest BCUT2D eigenvalue weighted by Crippen LogP contribution is 2.25. The summed E-state index contributed by atoms with van der Waals surface area (Å²) in [5.41, 5.74) is 2.00. The molecule has 1 aliphatic carbocycles. The van der Waals surface area contributed by atoms with Crippen molar-refractivity contribution in [1.29, 1.82) is 0 Å². The van der Waals surface area contributed by atoms with Crippen molar-refractivity contribution in [3.05, 3.63) is 54.2 Å². The lowest BCUT2D eigenvalue weighted by Crippen LogP contribution is -2.29. The molecule has 2 fully saturated rings. The average Bonchev–Trinajstić information content (AvgIpc) is 3.37. The summed E-state index contributed by atoms with van der Waals surface area (Å²) in [5.74, 6) is 1.48. The van der Waals surface area contributed by atoms with Crippen molar-refractivity contribution in [3.63, 3.8) is 0 Å². The van der Waals surface area contributed by atoms with Crippen molar-refractivity contribution < 1.29 is 4.79 Å². The Labute approximate surface area is 155 Å². The van der Waals surface area contributed by atoms with Gasteiger partial charge in [-0.2, -0.15) is 0 Å². The SMILES string of the molecule is CN(C[C@@H]1CCN(c2ccccc2)C1)c1cc(C(=O)NC2CC2)ccn1. The fraction of sp³-hybridized carbons (Fsp3) is 0.429. The van der Waals surface area contributed by atoms with Crippen LogP contribution in [0.3, 0.4) is 0 Å². The highest BCUT2D eigenvalue weighted by Gasteiger charge is 2.25. The third kappa shape index (κ3) is 3.98. The van der Waals surface area contributed by atoms with E-state index >= 15 is 0 Å². The van der Waals surface area contributed by atoms with Crippen molar-refractivity contribution in [1.82, 2.24) is 10.3 Å². The molecule has 1 N–H and O–H groups in total. The molecular formula is C21H26N4O. The fourth-order valence-electron chi connectivity index (χ4n) is 3.60. The van der Waals surface area contributed by atoms with Gasteiger partial charge in [0.1, 0.15) is 5.82 Å². The number of para-hydroxylation sites is 1. The average molecular weight is 350 g/mol. The van der Waals surface area contributed by atoms with E-state index in [1.165, 1.54) is 12.1 Å². The summed E-state index contributed by atoms with van der Waals surface area (Å²) in [7, 11) is 2.07. The predicted molar refractivity (Wildman–Crippen MR) is 105 cm³/mol. The van der Waals surface area contributed by atoms with Crippen LogP contribution in [-0.4, -0.2) is 43.6 Å². The van der Waals surface area contributed by atoms with Crippen LogP contribution < -0.4 is 15.1 Å². The van der Waals surface area contributed by atoms with E-state index in [2.05, 4.69) is 57.5 Å². The van der Waals surface area contributed by atoms with Gasteiger partial charge in [-0.15, -0.1) is 0 Å². The van der Waals surface area contributed by atoms with Crippen LogP contribution in [0.1, 0.15) is 29.6 Å². The fourth-order valence-corrected chi connectivity index (χ4v) is 3.60. The van der Waals surface area contributed by atoms with Gasteiger partial charge in [0, 0.05) is 50.2 Å². The van der Waals surface area contributed by atoms with Crippen molar-refractivity contribution in [2.45, 2.75) is 25.3 Å². The first-order chi connectivity index (χ1) is 12.7. The van der Waals surface area contributed by atoms with Crippen LogP contribution in [0.15, 0.2) is 48.7 Å². The lowest BCUT2D eigenvalue weighted by atomic mass is 10.1. The Kier molecular flexibility index (Phi) is 4.78. The number of nitrogens with zero attached hydrogens (tertiary/aromatic N) is 3. The molecule has 2 aliphatic rings. The summed E-state index contributed by atoms with van der Waals surface area (Å²) in [6, 6.07) is 14.7. The second-order valence-corrected chi connectivity index (χ2v) is 7.47. The molecule has 0 radical (unpaired) electrons. The second kappa shape index (κ2) is 7.36. The minimum absolute atomic E-state index is 0.0145. The first-order valence-corrected chi connectivity index (χ1v) is 9.47. The monoisotopic (exact) mass is 350 g/mol. The van der Waals surface area contributed by atoms with Gasteiger partial charge in [0.05, 0.1) is 0 Å². The lowest BCUT2D eigenvalue weighted by Gasteiger charge is -2.23. The number of pyridine rings is 1. The molecule has 1 amide bonds. The zero-order valence-corrected chi connectivity index (χ0v) is 15.3. The van der Waals surface area contributed by atoms with Crippen molar-refractivity contribution in [3.8, 4) is 0 Å². The van der Waals surface area contributed by atoms with Crippen molar-refractivity contribution in [2.75, 3.05) is 36.5 Å². The van der Waals surface area contributed by atoms with E-state index in [0.29, 0.717) is 17.5 Å². The van der Waals surface area contributed by atoms with E-state index in [9.17, 15) is 4.79 Å². The molecule has 1 aromatic heterocycles. The summed E-state index contributed by atoms with van der Waals surface area (Å²) in [6.07, 6.45) is 5.12. The number of hydrogen-bond acceptors (Lipinski definition) is 4. The van der Waals surface area contributed by atoms with Gasteiger partial charge in [0.15, 0.2) is 0 Å². The van der Waals surface area contributed by atoms with Crippen molar-refractivity contribution >= 4 is 17.4 Å². The van der Waals surface area contributed by atoms with Gasteiger partial charge in [0.2, 0.25) is 0 Å². The molecule has 1 aliphatic heterocycles. The molecule has 5 nitrogen and oxygen atoms in total. The van der Waals surface area contributed by atoms with Gasteiger partial charge in [-0.25, -0.2) is 4.98 Å². The summed E-state index contributed by atoms with van der Waals surface area (Å²) in [6.45, 7) is 3.11. The third-order valence-corrected chi connectivity index (χ3v) is 5.25. The number of benzene rings is 1. The Hall–Kier alpha value is -2.56. The van der Waals surface area contributed by atoms with E-state index in [1.807, 2.05) is 6.07 Å². The maximum absolute atomic E-state index is 12.3. The van der Waals surface area contributed by atoms with Crippen molar-refractivity contribution in [2.24, 2.45) is 5.92 Å². The second-order valence-electron chi connectivity index (χ2n) is 7.47. The number of nitrogens with one attached hydrogen (secondary N) is 1. The molecule has 26 heavy (non-hydrogen) atoms. The number of anilines is 2. The third-order valence-electron chi connectivity index (χ3n) is 5.25. The molecule has 4 rings (SSSR count). The van der Waals surface area contributed by atoms with Crippen LogP contribution in [0.5, 0.6) is 0 Å². The lowest BCUT2D eigenvalue weighted by molar-refractivity contribution is 0.0951. The Morgan fingerprint density at radius 3 is 2.81 bits per heavy atom. The molecule has 0 unspecified atom stereocenters. The van der Waals surface area contributed by atoms with Crippen LogP contribution in [0.25, 0.3) is 0 Å². The molecule has 136 valence electrons. The van der Waals surface area contributed by atoms with Gasteiger partial charge < -0.3 is 15.1 Å². The number of carbonyl (C=O) groups is 1. The standard InChI is InChI=1S/C21H26N4O/c1-24(14-16-10-12-25(15-16)19-5-3-2-4-6-19)20-13-17(9-11-22-20)21(26)23-18-7-8-18/h2-6,9,11,13,16,18H,7-8,10,12,14-15H2,1H3,(H,23,26)/t16-/m0/s1. The van der Waals surface area contributed by atoms with Crippen LogP contribution in [-0.2, 0) is 0 Å². The zero-order chi connectivity index (χ0) is 17.9. The Balaban J connectivity index is 1.36. The highest BCUT2D eigenvalue weighted by molar-refractivity contribution is 5.95. The van der Waals surface area contributed by atoms with Gasteiger partial charge >= 0.3 is 0 Å². The largest absolute Gasteiger partial charge is 0.371 e. The minimum atomic E-state index is 0.0145. The number of aromatic nitrogens is 1. The van der Waals surface area contributed by atoms with E-state index in [4.69, 9.17) is 0 Å². The number of carbonyl (C=O) groups excluding carboxylic acids is 1. The molecule has 2 heterocycles. The molecule has 0 spiro atoms. The molecule has 1 aromatic carbocycles. The Morgan fingerprint density at radius 1 is 1.23 bits per heavy atom. The van der Waals surface area contributed by atoms with Crippen LogP contribution in [0, 0.1) is 5.92 Å². The Bertz CT molecular complexity index is 760. The molecule has 1 saturated heterocycles. The molecule has 0 bridgehead atoms. The summed E-state index contributed by atoms with van der Waals surface area (Å²) < 4.78 is 0. The summed E-state index contributed by atoms with van der Waals surface area (Å²) in [5, 5.41) is 3.04. The van der Waals surface area contributed by atoms with Crippen LogP contribution in [0.2, 0.25) is 0 Å². The van der Waals surface area contributed by atoms with E-state index in [0.717, 1.165) is 38.3 Å². The zero-order valence-electron chi connectivity index (χ0n) is 15.3. The topological polar surface area (TPSA) is 48.5 Å². The quantitative estimate of drug-likeness (QED) is 0.870. The van der Waals surface area contributed by atoms with E-state index in [1.54, 1.807) is 12.3 Å². The molecule has 1 saturated carbocycles. The number of hydrogen-bond donors (Lipinski definition) is 1. The van der Waals surface area contributed by atoms with Gasteiger partial charge in [-0.05, 0) is 49.4 Å². The predicted octanol–water partition coefficient (Wildman–Crippen LogP) is 2.94. The summed E-state index contributed by atoms with van der Waals surface area (Å²) >= 11 is 0. The van der Waals surface area contributed by atoms with Gasteiger partial charge in [-0.1, -0.05) is 18.2 Å². The molecule has 5 heteroatoms. The highest BCUT2D eigenvalue weighted by atomic mass is 16.1. The Morgan fingerprint density at radius 2 is 2.04 bits per heavy atom. The van der Waals surface area contributed by atoms with Gasteiger partial charge in [-0.3, -0.25) is 4.79 Å². The van der Waals surface area contributed by atoms with E-state index < -0.39 is 0 Å². The first-order valence-electron chi connectivity index (χ1n) is 9.47. The van der Waals surface area contributed by atoms with Crippen LogP contribution in [0.4, 0.5) is 11.5 Å². The van der Waals surface area contributed by atoms with Crippen LogP contribution >= 0.6 is 0 Å². The minimum Gasteiger partial charge on any atom is -0.371 e. The summed E-state index contributed by atoms with van der Waals surface area (Å²) in [4.78, 5) is 21.3. The maximum Gasteiger partial charge on any atom is 0.251 e. The van der Waals surface area contributed by atoms with E-state index in [-0.39, 0.29) is 5.91 Å². The maximum atomic E-state index is 12.3.